The second kappa shape index (κ2) is 3.55. The number of aryl methyl sites for hydroxylation is 1. The molecule has 0 aromatic heterocycles. The molecular formula is C14H12. The highest BCUT2D eigenvalue weighted by Crippen LogP contribution is 2.20. The highest BCUT2D eigenvalue weighted by Gasteiger charge is 2.00. The summed E-state index contributed by atoms with van der Waals surface area (Å²) in [4.78, 5) is 0. The minimum Gasteiger partial charge on any atom is -0.101 e. The Kier molecular flexibility index (Phi) is 2.24. The Hall–Kier alpha value is -1.74. The van der Waals surface area contributed by atoms with Crippen molar-refractivity contribution in [3.05, 3.63) is 47.5 Å². The summed E-state index contributed by atoms with van der Waals surface area (Å²) in [7, 11) is 0. The summed E-state index contributed by atoms with van der Waals surface area (Å²) in [6, 6.07) is 12.6. The Labute approximate surface area is 84.6 Å². The predicted molar refractivity (Wildman–Crippen MR) is 61.2 cm³/mol. The van der Waals surface area contributed by atoms with Crippen molar-refractivity contribution in [1.29, 1.82) is 0 Å². The standard InChI is InChI=1S/C14H12/c1-3-6-13-11(2)9-10-12-7-4-5-8-14(12)13/h4-5,7-10H,1-2H3. The first-order valence-electron chi connectivity index (χ1n) is 4.74. The van der Waals surface area contributed by atoms with E-state index in [1.807, 2.05) is 6.92 Å². The largest absolute Gasteiger partial charge is 0.101 e. The van der Waals surface area contributed by atoms with E-state index in [1.54, 1.807) is 0 Å². The molecule has 0 atom stereocenters. The van der Waals surface area contributed by atoms with Gasteiger partial charge in [0.2, 0.25) is 0 Å². The molecule has 0 aliphatic heterocycles. The maximum absolute atomic E-state index is 3.17. The number of hydrogen-bond donors (Lipinski definition) is 0. The molecule has 0 aliphatic rings. The van der Waals surface area contributed by atoms with Crippen LogP contribution in [0.2, 0.25) is 0 Å². The lowest BCUT2D eigenvalue weighted by Crippen LogP contribution is -1.84. The van der Waals surface area contributed by atoms with Crippen LogP contribution in [0.5, 0.6) is 0 Å². The van der Waals surface area contributed by atoms with Gasteiger partial charge in [0, 0.05) is 5.56 Å². The van der Waals surface area contributed by atoms with Crippen LogP contribution in [0.4, 0.5) is 0 Å². The fraction of sp³-hybridized carbons (Fsp3) is 0.143. The quantitative estimate of drug-likeness (QED) is 0.544. The molecular weight excluding hydrogens is 168 g/mol. The van der Waals surface area contributed by atoms with Crippen LogP contribution in [-0.4, -0.2) is 0 Å². The van der Waals surface area contributed by atoms with Crippen molar-refractivity contribution < 1.29 is 0 Å². The van der Waals surface area contributed by atoms with Gasteiger partial charge in [0.05, 0.1) is 0 Å². The molecule has 68 valence electrons. The highest BCUT2D eigenvalue weighted by molar-refractivity contribution is 5.89. The summed E-state index contributed by atoms with van der Waals surface area (Å²) < 4.78 is 0. The summed E-state index contributed by atoms with van der Waals surface area (Å²) in [5.41, 5.74) is 2.41. The molecule has 2 aromatic carbocycles. The van der Waals surface area contributed by atoms with Gasteiger partial charge in [-0.15, -0.1) is 5.92 Å². The van der Waals surface area contributed by atoms with Crippen molar-refractivity contribution >= 4 is 10.8 Å². The maximum atomic E-state index is 3.17. The molecule has 0 heteroatoms. The highest BCUT2D eigenvalue weighted by atomic mass is 14.0. The van der Waals surface area contributed by atoms with Crippen LogP contribution in [0.25, 0.3) is 10.8 Å². The zero-order chi connectivity index (χ0) is 9.97. The number of rotatable bonds is 0. The van der Waals surface area contributed by atoms with Gasteiger partial charge in [-0.2, -0.15) is 0 Å². The summed E-state index contributed by atoms with van der Waals surface area (Å²) in [5, 5.41) is 2.51. The molecule has 0 heterocycles. The van der Waals surface area contributed by atoms with Gasteiger partial charge in [-0.3, -0.25) is 0 Å². The third-order valence-corrected chi connectivity index (χ3v) is 2.39. The van der Waals surface area contributed by atoms with E-state index in [0.717, 1.165) is 5.56 Å². The Morgan fingerprint density at radius 1 is 1.00 bits per heavy atom. The fourth-order valence-corrected chi connectivity index (χ4v) is 1.67. The monoisotopic (exact) mass is 180 g/mol. The van der Waals surface area contributed by atoms with Gasteiger partial charge in [-0.25, -0.2) is 0 Å². The molecule has 0 aliphatic carbocycles. The van der Waals surface area contributed by atoms with Gasteiger partial charge in [0.25, 0.3) is 0 Å². The van der Waals surface area contributed by atoms with E-state index in [-0.39, 0.29) is 0 Å². The summed E-state index contributed by atoms with van der Waals surface area (Å²) in [6.07, 6.45) is 0. The van der Waals surface area contributed by atoms with Crippen LogP contribution in [-0.2, 0) is 0 Å². The fourth-order valence-electron chi connectivity index (χ4n) is 1.67. The van der Waals surface area contributed by atoms with E-state index in [1.165, 1.54) is 16.3 Å². The summed E-state index contributed by atoms with van der Waals surface area (Å²) in [5.74, 6) is 6.14. The molecule has 2 rings (SSSR count). The van der Waals surface area contributed by atoms with E-state index in [2.05, 4.69) is 55.2 Å². The van der Waals surface area contributed by atoms with Crippen LogP contribution in [0.1, 0.15) is 18.1 Å². The molecule has 0 radical (unpaired) electrons. The average Bonchev–Trinajstić information content (AvgIpc) is 2.23. The van der Waals surface area contributed by atoms with Crippen molar-refractivity contribution in [2.45, 2.75) is 13.8 Å². The van der Waals surface area contributed by atoms with Gasteiger partial charge in [-0.1, -0.05) is 42.3 Å². The zero-order valence-electron chi connectivity index (χ0n) is 8.46. The third kappa shape index (κ3) is 1.38. The van der Waals surface area contributed by atoms with Crippen LogP contribution in [0.15, 0.2) is 36.4 Å². The van der Waals surface area contributed by atoms with E-state index in [4.69, 9.17) is 0 Å². The minimum atomic E-state index is 1.16. The van der Waals surface area contributed by atoms with Crippen molar-refractivity contribution in [3.63, 3.8) is 0 Å². The Bertz CT molecular complexity index is 524. The Balaban J connectivity index is 2.87. The molecule has 0 bridgehead atoms. The van der Waals surface area contributed by atoms with E-state index in [9.17, 15) is 0 Å². The van der Waals surface area contributed by atoms with Gasteiger partial charge >= 0.3 is 0 Å². The summed E-state index contributed by atoms with van der Waals surface area (Å²) in [6.45, 7) is 3.98. The molecule has 0 saturated heterocycles. The molecule has 2 aromatic rings. The zero-order valence-corrected chi connectivity index (χ0v) is 8.46. The first kappa shape index (κ1) is 8.84. The predicted octanol–water partition coefficient (Wildman–Crippen LogP) is 3.52. The van der Waals surface area contributed by atoms with Gasteiger partial charge in [0.1, 0.15) is 0 Å². The smallest absolute Gasteiger partial charge is 0.0352 e. The molecule has 0 fully saturated rings. The third-order valence-electron chi connectivity index (χ3n) is 2.39. The number of hydrogen-bond acceptors (Lipinski definition) is 0. The Morgan fingerprint density at radius 3 is 2.57 bits per heavy atom. The average molecular weight is 180 g/mol. The molecule has 0 amide bonds. The number of benzene rings is 2. The maximum Gasteiger partial charge on any atom is 0.0352 e. The second-order valence-electron chi connectivity index (χ2n) is 3.35. The molecule has 0 saturated carbocycles. The Morgan fingerprint density at radius 2 is 1.79 bits per heavy atom. The van der Waals surface area contributed by atoms with Crippen molar-refractivity contribution in [1.82, 2.24) is 0 Å². The van der Waals surface area contributed by atoms with E-state index in [0.29, 0.717) is 0 Å². The summed E-state index contributed by atoms with van der Waals surface area (Å²) >= 11 is 0. The second-order valence-corrected chi connectivity index (χ2v) is 3.35. The normalized spacial score (nSPS) is 9.57. The van der Waals surface area contributed by atoms with Gasteiger partial charge < -0.3 is 0 Å². The van der Waals surface area contributed by atoms with Crippen LogP contribution >= 0.6 is 0 Å². The van der Waals surface area contributed by atoms with Crippen molar-refractivity contribution in [2.24, 2.45) is 0 Å². The molecule has 0 unspecified atom stereocenters. The lowest BCUT2D eigenvalue weighted by molar-refractivity contribution is 1.47. The molecule has 0 nitrogen and oxygen atoms in total. The topological polar surface area (TPSA) is 0 Å². The molecule has 14 heavy (non-hydrogen) atoms. The molecule has 0 spiro atoms. The van der Waals surface area contributed by atoms with Crippen LogP contribution in [0.3, 0.4) is 0 Å². The van der Waals surface area contributed by atoms with E-state index >= 15 is 0 Å². The molecule has 0 N–H and O–H groups in total. The van der Waals surface area contributed by atoms with Gasteiger partial charge in [0.15, 0.2) is 0 Å². The first-order chi connectivity index (χ1) is 6.83. The van der Waals surface area contributed by atoms with Crippen molar-refractivity contribution in [2.75, 3.05) is 0 Å². The minimum absolute atomic E-state index is 1.16. The van der Waals surface area contributed by atoms with Crippen LogP contribution < -0.4 is 0 Å². The lowest BCUT2D eigenvalue weighted by Gasteiger charge is -2.03. The van der Waals surface area contributed by atoms with Gasteiger partial charge in [-0.05, 0) is 30.2 Å². The van der Waals surface area contributed by atoms with E-state index < -0.39 is 0 Å². The lowest BCUT2D eigenvalue weighted by atomic mass is 10.0. The first-order valence-corrected chi connectivity index (χ1v) is 4.74. The van der Waals surface area contributed by atoms with Crippen molar-refractivity contribution in [3.8, 4) is 11.8 Å². The number of fused-ring (bicyclic) bond motifs is 1. The van der Waals surface area contributed by atoms with Crippen LogP contribution in [0, 0.1) is 18.8 Å². The SMILES string of the molecule is CC#Cc1c(C)ccc2ccccc12.